The van der Waals surface area contributed by atoms with Crippen molar-refractivity contribution in [2.24, 2.45) is 0 Å². The fourth-order valence-corrected chi connectivity index (χ4v) is 2.08. The largest absolute Gasteiger partial charge is 0.493 e. The minimum absolute atomic E-state index is 0.136. The van der Waals surface area contributed by atoms with E-state index in [9.17, 15) is 9.90 Å². The normalized spacial score (nSPS) is 10.2. The third-order valence-electron chi connectivity index (χ3n) is 3.29. The molecule has 0 spiro atoms. The Morgan fingerprint density at radius 3 is 2.57 bits per heavy atom. The van der Waals surface area contributed by atoms with E-state index in [1.807, 2.05) is 25.1 Å². The van der Waals surface area contributed by atoms with Crippen molar-refractivity contribution in [1.82, 2.24) is 0 Å². The van der Waals surface area contributed by atoms with Crippen LogP contribution in [-0.2, 0) is 6.42 Å². The second-order valence-electron chi connectivity index (χ2n) is 4.70. The summed E-state index contributed by atoms with van der Waals surface area (Å²) in [7, 11) is 1.57. The average molecular weight is 286 g/mol. The van der Waals surface area contributed by atoms with Crippen LogP contribution in [0.2, 0.25) is 0 Å². The highest BCUT2D eigenvalue weighted by molar-refractivity contribution is 5.91. The molecule has 0 unspecified atom stereocenters. The first-order chi connectivity index (χ1) is 10.1. The van der Waals surface area contributed by atoms with E-state index in [0.29, 0.717) is 17.2 Å². The first-order valence-electron chi connectivity index (χ1n) is 6.74. The van der Waals surface area contributed by atoms with Crippen molar-refractivity contribution in [3.8, 4) is 17.2 Å². The quantitative estimate of drug-likeness (QED) is 0.900. The second kappa shape index (κ2) is 6.31. The zero-order valence-corrected chi connectivity index (χ0v) is 12.3. The van der Waals surface area contributed by atoms with Crippen molar-refractivity contribution in [1.29, 1.82) is 0 Å². The lowest BCUT2D eigenvalue weighted by atomic mass is 10.1. The molecular formula is C17H18O4. The third-order valence-corrected chi connectivity index (χ3v) is 3.29. The molecule has 0 aliphatic rings. The summed E-state index contributed by atoms with van der Waals surface area (Å²) in [6, 6.07) is 10.7. The molecular weight excluding hydrogens is 268 g/mol. The van der Waals surface area contributed by atoms with Crippen LogP contribution >= 0.6 is 0 Å². The molecule has 0 bridgehead atoms. The molecule has 0 aromatic heterocycles. The maximum atomic E-state index is 11.3. The number of carbonyl (C=O) groups is 1. The first-order valence-corrected chi connectivity index (χ1v) is 6.74. The number of carboxylic acid groups (broad SMARTS) is 1. The molecule has 4 nitrogen and oxygen atoms in total. The van der Waals surface area contributed by atoms with Crippen LogP contribution in [0.3, 0.4) is 0 Å². The second-order valence-corrected chi connectivity index (χ2v) is 4.70. The number of hydrogen-bond donors (Lipinski definition) is 1. The highest BCUT2D eigenvalue weighted by atomic mass is 16.5. The van der Waals surface area contributed by atoms with Gasteiger partial charge >= 0.3 is 5.97 Å². The number of para-hydroxylation sites is 1. The number of aryl methyl sites for hydroxylation is 2. The predicted molar refractivity (Wildman–Crippen MR) is 80.6 cm³/mol. The van der Waals surface area contributed by atoms with Gasteiger partial charge in [0.1, 0.15) is 11.3 Å². The predicted octanol–water partition coefficient (Wildman–Crippen LogP) is 4.06. The maximum Gasteiger partial charge on any atom is 0.339 e. The average Bonchev–Trinajstić information content (AvgIpc) is 2.49. The van der Waals surface area contributed by atoms with E-state index in [1.165, 1.54) is 6.07 Å². The number of ether oxygens (including phenoxy) is 2. The van der Waals surface area contributed by atoms with Crippen LogP contribution in [0.15, 0.2) is 36.4 Å². The van der Waals surface area contributed by atoms with Crippen molar-refractivity contribution < 1.29 is 19.4 Å². The van der Waals surface area contributed by atoms with Gasteiger partial charge in [0.25, 0.3) is 0 Å². The monoisotopic (exact) mass is 286 g/mol. The topological polar surface area (TPSA) is 55.8 Å². The molecule has 0 atom stereocenters. The van der Waals surface area contributed by atoms with Gasteiger partial charge in [0, 0.05) is 0 Å². The lowest BCUT2D eigenvalue weighted by molar-refractivity contribution is 0.0694. The molecule has 0 radical (unpaired) electrons. The molecule has 0 heterocycles. The Bertz CT molecular complexity index is 662. The van der Waals surface area contributed by atoms with Crippen molar-refractivity contribution in [2.45, 2.75) is 20.3 Å². The van der Waals surface area contributed by atoms with Crippen LogP contribution in [0, 0.1) is 6.92 Å². The Morgan fingerprint density at radius 2 is 1.95 bits per heavy atom. The van der Waals surface area contributed by atoms with Gasteiger partial charge in [-0.1, -0.05) is 25.1 Å². The molecule has 0 saturated heterocycles. The van der Waals surface area contributed by atoms with Crippen LogP contribution in [0.4, 0.5) is 0 Å². The van der Waals surface area contributed by atoms with Gasteiger partial charge in [0.2, 0.25) is 0 Å². The molecule has 0 aliphatic heterocycles. The van der Waals surface area contributed by atoms with E-state index >= 15 is 0 Å². The van der Waals surface area contributed by atoms with Gasteiger partial charge in [0.15, 0.2) is 11.5 Å². The van der Waals surface area contributed by atoms with Gasteiger partial charge < -0.3 is 14.6 Å². The summed E-state index contributed by atoms with van der Waals surface area (Å²) in [5.41, 5.74) is 2.02. The molecule has 2 rings (SSSR count). The fraction of sp³-hybridized carbons (Fsp3) is 0.235. The van der Waals surface area contributed by atoms with E-state index in [2.05, 4.69) is 6.92 Å². The van der Waals surface area contributed by atoms with Gasteiger partial charge in [0.05, 0.1) is 7.11 Å². The molecule has 2 aromatic rings. The standard InChI is InChI=1S/C17H18O4/c1-4-12-8-9-14(15(10-12)20-3)21-16-11(2)6-5-7-13(16)17(18)19/h5-10H,4H2,1-3H3,(H,18,19). The Hall–Kier alpha value is -2.49. The lowest BCUT2D eigenvalue weighted by Crippen LogP contribution is -2.02. The van der Waals surface area contributed by atoms with Crippen molar-refractivity contribution >= 4 is 5.97 Å². The number of rotatable bonds is 5. The molecule has 0 fully saturated rings. The van der Waals surface area contributed by atoms with Crippen LogP contribution in [-0.4, -0.2) is 18.2 Å². The summed E-state index contributed by atoms with van der Waals surface area (Å²) in [6.45, 7) is 3.87. The summed E-state index contributed by atoms with van der Waals surface area (Å²) in [6.07, 6.45) is 0.890. The minimum Gasteiger partial charge on any atom is -0.493 e. The summed E-state index contributed by atoms with van der Waals surface area (Å²) >= 11 is 0. The number of hydrogen-bond acceptors (Lipinski definition) is 3. The molecule has 110 valence electrons. The summed E-state index contributed by atoms with van der Waals surface area (Å²) < 4.78 is 11.1. The van der Waals surface area contributed by atoms with Crippen LogP contribution in [0.1, 0.15) is 28.4 Å². The van der Waals surface area contributed by atoms with E-state index < -0.39 is 5.97 Å². The fourth-order valence-electron chi connectivity index (χ4n) is 2.08. The Kier molecular flexibility index (Phi) is 4.48. The van der Waals surface area contributed by atoms with Crippen molar-refractivity contribution in [3.05, 3.63) is 53.1 Å². The zero-order valence-electron chi connectivity index (χ0n) is 12.3. The first kappa shape index (κ1) is 14.9. The molecule has 0 aliphatic carbocycles. The van der Waals surface area contributed by atoms with Crippen LogP contribution < -0.4 is 9.47 Å². The van der Waals surface area contributed by atoms with E-state index in [4.69, 9.17) is 9.47 Å². The van der Waals surface area contributed by atoms with Gasteiger partial charge in [-0.3, -0.25) is 0 Å². The smallest absolute Gasteiger partial charge is 0.339 e. The number of methoxy groups -OCH3 is 1. The van der Waals surface area contributed by atoms with Crippen molar-refractivity contribution in [2.75, 3.05) is 7.11 Å². The summed E-state index contributed by atoms with van der Waals surface area (Å²) in [5.74, 6) is 0.422. The molecule has 4 heteroatoms. The number of benzene rings is 2. The van der Waals surface area contributed by atoms with Gasteiger partial charge in [-0.05, 0) is 42.7 Å². The highest BCUT2D eigenvalue weighted by Crippen LogP contribution is 2.35. The van der Waals surface area contributed by atoms with Crippen LogP contribution in [0.5, 0.6) is 17.2 Å². The third kappa shape index (κ3) is 3.16. The molecule has 21 heavy (non-hydrogen) atoms. The molecule has 1 N–H and O–H groups in total. The van der Waals surface area contributed by atoms with Gasteiger partial charge in [-0.15, -0.1) is 0 Å². The number of carboxylic acids is 1. The number of aromatic carboxylic acids is 1. The van der Waals surface area contributed by atoms with Gasteiger partial charge in [-0.25, -0.2) is 4.79 Å². The van der Waals surface area contributed by atoms with Gasteiger partial charge in [-0.2, -0.15) is 0 Å². The SMILES string of the molecule is CCc1ccc(Oc2c(C)cccc2C(=O)O)c(OC)c1. The summed E-state index contributed by atoms with van der Waals surface area (Å²) in [4.78, 5) is 11.3. The van der Waals surface area contributed by atoms with Crippen molar-refractivity contribution in [3.63, 3.8) is 0 Å². The minimum atomic E-state index is -1.02. The lowest BCUT2D eigenvalue weighted by Gasteiger charge is -2.14. The Balaban J connectivity index is 2.45. The van der Waals surface area contributed by atoms with E-state index in [1.54, 1.807) is 19.2 Å². The summed E-state index contributed by atoms with van der Waals surface area (Å²) in [5, 5.41) is 9.27. The Morgan fingerprint density at radius 1 is 1.19 bits per heavy atom. The van der Waals surface area contributed by atoms with E-state index in [0.717, 1.165) is 17.5 Å². The Labute approximate surface area is 123 Å². The van der Waals surface area contributed by atoms with E-state index in [-0.39, 0.29) is 5.56 Å². The zero-order chi connectivity index (χ0) is 15.4. The molecule has 2 aromatic carbocycles. The molecule has 0 saturated carbocycles. The van der Waals surface area contributed by atoms with Crippen LogP contribution in [0.25, 0.3) is 0 Å². The molecule has 0 amide bonds. The highest BCUT2D eigenvalue weighted by Gasteiger charge is 2.16. The maximum absolute atomic E-state index is 11.3.